The Morgan fingerprint density at radius 1 is 0.812 bits per heavy atom. The number of methoxy groups -OCH3 is 4. The Morgan fingerprint density at radius 3 is 2.12 bits per heavy atom. The molecule has 0 aromatic heterocycles. The zero-order valence-electron chi connectivity index (χ0n) is 19.9. The Bertz CT molecular complexity index is 886. The lowest BCUT2D eigenvalue weighted by molar-refractivity contribution is 0.171. The van der Waals surface area contributed by atoms with E-state index in [0.29, 0.717) is 49.5 Å². The summed E-state index contributed by atoms with van der Waals surface area (Å²) in [5, 5.41) is 6.66. The Labute approximate surface area is 190 Å². The van der Waals surface area contributed by atoms with Crippen molar-refractivity contribution in [2.24, 2.45) is 4.99 Å². The predicted octanol–water partition coefficient (Wildman–Crippen LogP) is 3.30. The van der Waals surface area contributed by atoms with Crippen molar-refractivity contribution >= 4 is 5.96 Å². The van der Waals surface area contributed by atoms with Crippen molar-refractivity contribution in [2.45, 2.75) is 26.4 Å². The summed E-state index contributed by atoms with van der Waals surface area (Å²) in [7, 11) is 8.23. The molecule has 0 saturated heterocycles. The molecule has 176 valence electrons. The molecule has 0 fully saturated rings. The third-order valence-electron chi connectivity index (χ3n) is 4.87. The number of aliphatic imine (C=N–C) groups is 1. The Balaban J connectivity index is 2.03. The molecule has 8 heteroatoms. The van der Waals surface area contributed by atoms with E-state index < -0.39 is 0 Å². The molecule has 8 nitrogen and oxygen atoms in total. The fraction of sp³-hybridized carbons (Fsp3) is 0.458. The molecule has 0 heterocycles. The largest absolute Gasteiger partial charge is 0.493 e. The van der Waals surface area contributed by atoms with Crippen molar-refractivity contribution in [1.29, 1.82) is 0 Å². The molecule has 0 spiro atoms. The fourth-order valence-electron chi connectivity index (χ4n) is 3.21. The maximum Gasteiger partial charge on any atom is 0.203 e. The van der Waals surface area contributed by atoms with Crippen molar-refractivity contribution in [3.05, 3.63) is 47.0 Å². The van der Waals surface area contributed by atoms with Crippen LogP contribution in [0.4, 0.5) is 0 Å². The number of aryl methyl sites for hydroxylation is 1. The quantitative estimate of drug-likeness (QED) is 0.295. The summed E-state index contributed by atoms with van der Waals surface area (Å²) in [6, 6.07) is 9.98. The van der Waals surface area contributed by atoms with Crippen molar-refractivity contribution in [1.82, 2.24) is 10.6 Å². The summed E-state index contributed by atoms with van der Waals surface area (Å²) in [6.07, 6.45) is 0.841. The number of rotatable bonds is 12. The van der Waals surface area contributed by atoms with Gasteiger partial charge in [-0.1, -0.05) is 12.1 Å². The third kappa shape index (κ3) is 6.95. The predicted molar refractivity (Wildman–Crippen MR) is 126 cm³/mol. The zero-order chi connectivity index (χ0) is 23.3. The highest BCUT2D eigenvalue weighted by Gasteiger charge is 2.16. The molecule has 2 aromatic rings. The monoisotopic (exact) mass is 445 g/mol. The highest BCUT2D eigenvalue weighted by Crippen LogP contribution is 2.39. The molecule has 0 aliphatic carbocycles. The van der Waals surface area contributed by atoms with Gasteiger partial charge in [-0.3, -0.25) is 4.99 Å². The molecule has 0 bridgehead atoms. The fourth-order valence-corrected chi connectivity index (χ4v) is 3.21. The molecular weight excluding hydrogens is 410 g/mol. The number of hydrogen-bond acceptors (Lipinski definition) is 6. The second-order valence-corrected chi connectivity index (χ2v) is 7.08. The van der Waals surface area contributed by atoms with Crippen LogP contribution in [0.1, 0.15) is 23.1 Å². The van der Waals surface area contributed by atoms with E-state index >= 15 is 0 Å². The number of ether oxygens (including phenoxy) is 5. The summed E-state index contributed by atoms with van der Waals surface area (Å²) >= 11 is 0. The SMILES string of the molecule is CN=C(NCc1ccc(C)cc1OCCCOC)NCc1ccc(OC)c(OC)c1OC. The molecule has 0 aliphatic rings. The first-order valence-electron chi connectivity index (χ1n) is 10.5. The summed E-state index contributed by atoms with van der Waals surface area (Å²) in [5.74, 6) is 3.33. The van der Waals surface area contributed by atoms with Gasteiger partial charge in [0.2, 0.25) is 5.75 Å². The van der Waals surface area contributed by atoms with Crippen molar-refractivity contribution < 1.29 is 23.7 Å². The molecule has 32 heavy (non-hydrogen) atoms. The van der Waals surface area contributed by atoms with Gasteiger partial charge in [0, 0.05) is 51.4 Å². The first kappa shape index (κ1) is 25.1. The van der Waals surface area contributed by atoms with Crippen LogP contribution in [0.2, 0.25) is 0 Å². The molecule has 0 unspecified atom stereocenters. The molecular formula is C24H35N3O5. The lowest BCUT2D eigenvalue weighted by atomic mass is 10.1. The minimum atomic E-state index is 0.497. The van der Waals surface area contributed by atoms with E-state index in [9.17, 15) is 0 Å². The molecule has 2 aromatic carbocycles. The van der Waals surface area contributed by atoms with Gasteiger partial charge in [-0.05, 0) is 30.7 Å². The molecule has 0 saturated carbocycles. The second kappa shape index (κ2) is 13.3. The highest BCUT2D eigenvalue weighted by molar-refractivity contribution is 5.79. The summed E-state index contributed by atoms with van der Waals surface area (Å²) in [6.45, 7) is 4.41. The first-order chi connectivity index (χ1) is 15.6. The Hall–Kier alpha value is -3.13. The van der Waals surface area contributed by atoms with Crippen LogP contribution in [0.5, 0.6) is 23.0 Å². The minimum absolute atomic E-state index is 0.497. The van der Waals surface area contributed by atoms with Crippen LogP contribution in [-0.2, 0) is 17.8 Å². The standard InChI is InChI=1S/C24H35N3O5/c1-17-8-9-18(21(14-17)32-13-7-12-28-3)15-26-24(25-2)27-16-19-10-11-20(29-4)23(31-6)22(19)30-5/h8-11,14H,7,12-13,15-16H2,1-6H3,(H2,25,26,27). The minimum Gasteiger partial charge on any atom is -0.493 e. The van der Waals surface area contributed by atoms with Gasteiger partial charge in [0.25, 0.3) is 0 Å². The van der Waals surface area contributed by atoms with Crippen LogP contribution < -0.4 is 29.6 Å². The van der Waals surface area contributed by atoms with E-state index in [-0.39, 0.29) is 0 Å². The van der Waals surface area contributed by atoms with Gasteiger partial charge in [0.15, 0.2) is 17.5 Å². The van der Waals surface area contributed by atoms with Gasteiger partial charge >= 0.3 is 0 Å². The lowest BCUT2D eigenvalue weighted by Gasteiger charge is -2.18. The smallest absolute Gasteiger partial charge is 0.203 e. The molecule has 0 amide bonds. The van der Waals surface area contributed by atoms with Gasteiger partial charge < -0.3 is 34.3 Å². The van der Waals surface area contributed by atoms with Gasteiger partial charge in [-0.2, -0.15) is 0 Å². The van der Waals surface area contributed by atoms with Crippen molar-refractivity contribution in [2.75, 3.05) is 48.7 Å². The number of guanidine groups is 1. The second-order valence-electron chi connectivity index (χ2n) is 7.08. The molecule has 2 rings (SSSR count). The van der Waals surface area contributed by atoms with Gasteiger partial charge in [-0.25, -0.2) is 0 Å². The van der Waals surface area contributed by atoms with E-state index in [2.05, 4.69) is 40.7 Å². The van der Waals surface area contributed by atoms with Crippen LogP contribution >= 0.6 is 0 Å². The average molecular weight is 446 g/mol. The molecule has 0 radical (unpaired) electrons. The summed E-state index contributed by atoms with van der Waals surface area (Å²) in [5.41, 5.74) is 3.13. The van der Waals surface area contributed by atoms with E-state index in [0.717, 1.165) is 28.9 Å². The normalized spacial score (nSPS) is 11.1. The van der Waals surface area contributed by atoms with Crippen LogP contribution in [0, 0.1) is 6.92 Å². The highest BCUT2D eigenvalue weighted by atomic mass is 16.5. The third-order valence-corrected chi connectivity index (χ3v) is 4.87. The van der Waals surface area contributed by atoms with Crippen molar-refractivity contribution in [3.63, 3.8) is 0 Å². The molecule has 2 N–H and O–H groups in total. The first-order valence-corrected chi connectivity index (χ1v) is 10.5. The van der Waals surface area contributed by atoms with E-state index in [1.807, 2.05) is 12.1 Å². The maximum absolute atomic E-state index is 5.97. The zero-order valence-corrected chi connectivity index (χ0v) is 19.9. The molecule has 0 aliphatic heterocycles. The summed E-state index contributed by atoms with van der Waals surface area (Å²) < 4.78 is 27.4. The Morgan fingerprint density at radius 2 is 1.50 bits per heavy atom. The van der Waals surface area contributed by atoms with Crippen LogP contribution in [0.15, 0.2) is 35.3 Å². The van der Waals surface area contributed by atoms with E-state index in [1.54, 1.807) is 35.5 Å². The van der Waals surface area contributed by atoms with E-state index in [4.69, 9.17) is 23.7 Å². The number of hydrogen-bond donors (Lipinski definition) is 2. The topological polar surface area (TPSA) is 82.6 Å². The van der Waals surface area contributed by atoms with Crippen molar-refractivity contribution in [3.8, 4) is 23.0 Å². The van der Waals surface area contributed by atoms with Crippen LogP contribution in [0.25, 0.3) is 0 Å². The maximum atomic E-state index is 5.97. The van der Waals surface area contributed by atoms with Crippen LogP contribution in [-0.4, -0.2) is 54.7 Å². The number of nitrogens with zero attached hydrogens (tertiary/aromatic N) is 1. The number of nitrogens with one attached hydrogen (secondary N) is 2. The van der Waals surface area contributed by atoms with Gasteiger partial charge in [-0.15, -0.1) is 0 Å². The van der Waals surface area contributed by atoms with Gasteiger partial charge in [0.05, 0.1) is 27.9 Å². The number of benzene rings is 2. The lowest BCUT2D eigenvalue weighted by Crippen LogP contribution is -2.36. The Kier molecular flexibility index (Phi) is 10.5. The molecule has 0 atom stereocenters. The average Bonchev–Trinajstić information content (AvgIpc) is 2.82. The van der Waals surface area contributed by atoms with Crippen LogP contribution in [0.3, 0.4) is 0 Å². The van der Waals surface area contributed by atoms with E-state index in [1.165, 1.54) is 0 Å². The summed E-state index contributed by atoms with van der Waals surface area (Å²) in [4.78, 5) is 4.32. The van der Waals surface area contributed by atoms with Gasteiger partial charge in [0.1, 0.15) is 5.75 Å².